The van der Waals surface area contributed by atoms with Gasteiger partial charge in [-0.15, -0.1) is 10.2 Å². The van der Waals surface area contributed by atoms with Gasteiger partial charge in [0.15, 0.2) is 10.8 Å². The van der Waals surface area contributed by atoms with E-state index in [0.717, 1.165) is 27.1 Å². The molecule has 138 valence electrons. The number of hydrogen-bond acceptors (Lipinski definition) is 5. The molecule has 5 nitrogen and oxygen atoms in total. The van der Waals surface area contributed by atoms with Crippen LogP contribution in [0.1, 0.15) is 36.9 Å². The molecule has 0 unspecified atom stereocenters. The third-order valence-electron chi connectivity index (χ3n) is 4.43. The molecule has 0 radical (unpaired) electrons. The van der Waals surface area contributed by atoms with E-state index in [9.17, 15) is 0 Å². The quantitative estimate of drug-likeness (QED) is 0.499. The lowest BCUT2D eigenvalue weighted by molar-refractivity contribution is 0.304. The maximum atomic E-state index is 5.83. The third kappa shape index (κ3) is 3.71. The number of fused-ring (bicyclic) bond motifs is 1. The second-order valence-corrected chi connectivity index (χ2v) is 8.68. The Bertz CT molecular complexity index is 1060. The van der Waals surface area contributed by atoms with E-state index in [4.69, 9.17) is 4.74 Å². The molecule has 0 amide bonds. The summed E-state index contributed by atoms with van der Waals surface area (Å²) in [5.41, 5.74) is 3.63. The van der Waals surface area contributed by atoms with Crippen molar-refractivity contribution >= 4 is 16.3 Å². The van der Waals surface area contributed by atoms with Gasteiger partial charge in [-0.3, -0.25) is 0 Å². The molecule has 4 aromatic rings. The number of hydrogen-bond donors (Lipinski definition) is 0. The van der Waals surface area contributed by atoms with Gasteiger partial charge in [-0.1, -0.05) is 74.1 Å². The number of ether oxygens (including phenoxy) is 1. The van der Waals surface area contributed by atoms with E-state index >= 15 is 0 Å². The lowest BCUT2D eigenvalue weighted by Gasteiger charge is -2.18. The van der Waals surface area contributed by atoms with E-state index in [1.807, 2.05) is 24.3 Å². The highest BCUT2D eigenvalue weighted by molar-refractivity contribution is 7.16. The summed E-state index contributed by atoms with van der Waals surface area (Å²) < 4.78 is 7.63. The Morgan fingerprint density at radius 3 is 2.33 bits per heavy atom. The van der Waals surface area contributed by atoms with Gasteiger partial charge >= 0.3 is 0 Å². The van der Waals surface area contributed by atoms with Crippen LogP contribution in [0.3, 0.4) is 0 Å². The first kappa shape index (κ1) is 17.7. The van der Waals surface area contributed by atoms with Gasteiger partial charge in [0.2, 0.25) is 4.96 Å². The monoisotopic (exact) mass is 378 g/mol. The van der Waals surface area contributed by atoms with Gasteiger partial charge in [-0.2, -0.15) is 9.61 Å². The van der Waals surface area contributed by atoms with Crippen molar-refractivity contribution in [2.45, 2.75) is 39.7 Å². The van der Waals surface area contributed by atoms with Gasteiger partial charge in [-0.05, 0) is 30.0 Å². The first-order valence-electron chi connectivity index (χ1n) is 8.92. The van der Waals surface area contributed by atoms with Crippen LogP contribution in [-0.4, -0.2) is 19.8 Å². The van der Waals surface area contributed by atoms with E-state index < -0.39 is 0 Å². The maximum absolute atomic E-state index is 5.83. The Morgan fingerprint density at radius 2 is 1.67 bits per heavy atom. The predicted octanol–water partition coefficient (Wildman–Crippen LogP) is 5.04. The van der Waals surface area contributed by atoms with E-state index in [1.54, 1.807) is 4.52 Å². The minimum absolute atomic E-state index is 0.125. The summed E-state index contributed by atoms with van der Waals surface area (Å²) in [6.07, 6.45) is 0. The smallest absolute Gasteiger partial charge is 0.235 e. The fraction of sp³-hybridized carbons (Fsp3) is 0.286. The average molecular weight is 379 g/mol. The first-order valence-corrected chi connectivity index (χ1v) is 9.73. The van der Waals surface area contributed by atoms with Crippen LogP contribution in [0, 0.1) is 6.92 Å². The highest BCUT2D eigenvalue weighted by atomic mass is 32.1. The van der Waals surface area contributed by atoms with Crippen molar-refractivity contribution in [2.24, 2.45) is 0 Å². The van der Waals surface area contributed by atoms with E-state index in [2.05, 4.69) is 67.3 Å². The van der Waals surface area contributed by atoms with Crippen LogP contribution in [0.25, 0.3) is 16.3 Å². The number of aromatic nitrogens is 4. The standard InChI is InChI=1S/C21H22N4OS/c1-14-5-11-17(12-6-14)26-13-18-24-25-19(22-23-20(25)27-18)15-7-9-16(10-8-15)21(2,3)4/h5-12H,13H2,1-4H3. The number of benzene rings is 2. The van der Waals surface area contributed by atoms with Crippen LogP contribution < -0.4 is 4.74 Å². The Balaban J connectivity index is 1.56. The number of nitrogens with zero attached hydrogens (tertiary/aromatic N) is 4. The summed E-state index contributed by atoms with van der Waals surface area (Å²) in [5, 5.41) is 14.1. The minimum Gasteiger partial charge on any atom is -0.486 e. The molecular formula is C21H22N4OS. The largest absolute Gasteiger partial charge is 0.486 e. The molecule has 4 rings (SSSR count). The first-order chi connectivity index (χ1) is 12.9. The summed E-state index contributed by atoms with van der Waals surface area (Å²) in [4.78, 5) is 0.771. The highest BCUT2D eigenvalue weighted by Gasteiger charge is 2.16. The molecule has 0 saturated carbocycles. The van der Waals surface area contributed by atoms with Gasteiger partial charge in [0.25, 0.3) is 0 Å². The third-order valence-corrected chi connectivity index (χ3v) is 5.30. The maximum Gasteiger partial charge on any atom is 0.235 e. The van der Waals surface area contributed by atoms with Crippen LogP contribution in [0.15, 0.2) is 48.5 Å². The van der Waals surface area contributed by atoms with E-state index in [1.165, 1.54) is 22.5 Å². The van der Waals surface area contributed by atoms with Crippen LogP contribution >= 0.6 is 11.3 Å². The fourth-order valence-electron chi connectivity index (χ4n) is 2.79. The average Bonchev–Trinajstić information content (AvgIpc) is 3.21. The van der Waals surface area contributed by atoms with Gasteiger partial charge in [0, 0.05) is 5.56 Å². The SMILES string of the molecule is Cc1ccc(OCc2nn3c(-c4ccc(C(C)(C)C)cc4)nnc3s2)cc1. The van der Waals surface area contributed by atoms with Crippen molar-refractivity contribution in [3.63, 3.8) is 0 Å². The number of rotatable bonds is 4. The highest BCUT2D eigenvalue weighted by Crippen LogP contribution is 2.27. The topological polar surface area (TPSA) is 52.3 Å². The zero-order chi connectivity index (χ0) is 19.0. The molecule has 0 atom stereocenters. The van der Waals surface area contributed by atoms with Crippen molar-refractivity contribution in [1.29, 1.82) is 0 Å². The van der Waals surface area contributed by atoms with E-state index in [0.29, 0.717) is 6.61 Å². The van der Waals surface area contributed by atoms with Crippen molar-refractivity contribution in [3.05, 3.63) is 64.7 Å². The zero-order valence-corrected chi connectivity index (χ0v) is 16.7. The van der Waals surface area contributed by atoms with E-state index in [-0.39, 0.29) is 5.41 Å². The van der Waals surface area contributed by atoms with Crippen LogP contribution in [0.4, 0.5) is 0 Å². The molecule has 0 aliphatic carbocycles. The van der Waals surface area contributed by atoms with Crippen molar-refractivity contribution in [1.82, 2.24) is 19.8 Å². The molecule has 0 fully saturated rings. The Labute approximate surface area is 162 Å². The zero-order valence-electron chi connectivity index (χ0n) is 15.9. The predicted molar refractivity (Wildman–Crippen MR) is 108 cm³/mol. The Hall–Kier alpha value is -2.73. The summed E-state index contributed by atoms with van der Waals surface area (Å²) in [7, 11) is 0. The van der Waals surface area contributed by atoms with Gasteiger partial charge < -0.3 is 4.74 Å². The summed E-state index contributed by atoms with van der Waals surface area (Å²) in [6, 6.07) is 16.5. The van der Waals surface area contributed by atoms with Crippen LogP contribution in [-0.2, 0) is 12.0 Å². The molecule has 0 bridgehead atoms. The molecule has 0 spiro atoms. The van der Waals surface area contributed by atoms with Crippen LogP contribution in [0.2, 0.25) is 0 Å². The molecule has 0 saturated heterocycles. The normalized spacial score (nSPS) is 11.9. The fourth-order valence-corrected chi connectivity index (χ4v) is 3.54. The number of aryl methyl sites for hydroxylation is 1. The summed E-state index contributed by atoms with van der Waals surface area (Å²) >= 11 is 1.50. The Morgan fingerprint density at radius 1 is 0.963 bits per heavy atom. The van der Waals surface area contributed by atoms with Crippen molar-refractivity contribution in [3.8, 4) is 17.1 Å². The molecular weight excluding hydrogens is 356 g/mol. The van der Waals surface area contributed by atoms with Gasteiger partial charge in [0.05, 0.1) is 0 Å². The molecule has 0 N–H and O–H groups in total. The van der Waals surface area contributed by atoms with Crippen molar-refractivity contribution < 1.29 is 4.74 Å². The molecule has 2 aromatic heterocycles. The molecule has 0 aliphatic rings. The molecule has 0 aliphatic heterocycles. The van der Waals surface area contributed by atoms with Gasteiger partial charge in [-0.25, -0.2) is 0 Å². The molecule has 27 heavy (non-hydrogen) atoms. The lowest BCUT2D eigenvalue weighted by Crippen LogP contribution is -2.10. The lowest BCUT2D eigenvalue weighted by atomic mass is 9.87. The summed E-state index contributed by atoms with van der Waals surface area (Å²) in [6.45, 7) is 9.09. The second-order valence-electron chi connectivity index (χ2n) is 7.64. The molecule has 2 aromatic carbocycles. The van der Waals surface area contributed by atoms with Crippen LogP contribution in [0.5, 0.6) is 5.75 Å². The minimum atomic E-state index is 0.125. The second kappa shape index (κ2) is 6.78. The molecule has 6 heteroatoms. The molecule has 2 heterocycles. The van der Waals surface area contributed by atoms with Gasteiger partial charge in [0.1, 0.15) is 12.4 Å². The Kier molecular flexibility index (Phi) is 4.44. The summed E-state index contributed by atoms with van der Waals surface area (Å²) in [5.74, 6) is 1.59. The van der Waals surface area contributed by atoms with Crippen molar-refractivity contribution in [2.75, 3.05) is 0 Å².